The van der Waals surface area contributed by atoms with E-state index in [0.29, 0.717) is 11.6 Å². The quantitative estimate of drug-likeness (QED) is 0.680. The molecule has 1 spiro atoms. The molecule has 3 atom stereocenters. The van der Waals surface area contributed by atoms with Gasteiger partial charge in [0.25, 0.3) is 0 Å². The molecule has 1 heteroatoms. The predicted octanol–water partition coefficient (Wildman–Crippen LogP) is 2.85. The molecule has 1 fully saturated rings. The van der Waals surface area contributed by atoms with Crippen molar-refractivity contribution in [1.29, 1.82) is 0 Å². The van der Waals surface area contributed by atoms with Gasteiger partial charge in [-0.3, -0.25) is 0 Å². The van der Waals surface area contributed by atoms with E-state index in [0.717, 1.165) is 5.92 Å². The summed E-state index contributed by atoms with van der Waals surface area (Å²) in [6.45, 7) is 4.71. The molecule has 0 bridgehead atoms. The zero-order chi connectivity index (χ0) is 10.5. The Balaban J connectivity index is 2.09. The van der Waals surface area contributed by atoms with Crippen molar-refractivity contribution in [1.82, 2.24) is 5.32 Å². The number of rotatable bonds is 0. The highest BCUT2D eigenvalue weighted by Crippen LogP contribution is 2.47. The van der Waals surface area contributed by atoms with E-state index in [-0.39, 0.29) is 0 Å². The smallest absolute Gasteiger partial charge is 0.0469 e. The van der Waals surface area contributed by atoms with Crippen LogP contribution >= 0.6 is 0 Å². The summed E-state index contributed by atoms with van der Waals surface area (Å²) in [6.07, 6.45) is 3.85. The molecular formula is C14H19N. The minimum Gasteiger partial charge on any atom is -0.305 e. The third-order valence-corrected chi connectivity index (χ3v) is 4.34. The van der Waals surface area contributed by atoms with Gasteiger partial charge in [0.1, 0.15) is 0 Å². The first-order chi connectivity index (χ1) is 7.22. The summed E-state index contributed by atoms with van der Waals surface area (Å²) in [5, 5.41) is 3.84. The minimum absolute atomic E-state index is 0.302. The molecule has 1 N–H and O–H groups in total. The van der Waals surface area contributed by atoms with Crippen LogP contribution in [0.2, 0.25) is 0 Å². The zero-order valence-corrected chi connectivity index (χ0v) is 9.59. The fourth-order valence-corrected chi connectivity index (χ4v) is 3.67. The lowest BCUT2D eigenvalue weighted by atomic mass is 9.82. The number of nitrogens with one attached hydrogen (secondary N) is 1. The number of benzene rings is 1. The summed E-state index contributed by atoms with van der Waals surface area (Å²) in [5.41, 5.74) is 3.43. The summed E-state index contributed by atoms with van der Waals surface area (Å²) >= 11 is 0. The van der Waals surface area contributed by atoms with E-state index in [9.17, 15) is 0 Å². The maximum Gasteiger partial charge on any atom is 0.0469 e. The van der Waals surface area contributed by atoms with E-state index in [4.69, 9.17) is 0 Å². The monoisotopic (exact) mass is 201 g/mol. The van der Waals surface area contributed by atoms with Crippen LogP contribution in [0.5, 0.6) is 0 Å². The van der Waals surface area contributed by atoms with Crippen LogP contribution < -0.4 is 5.32 Å². The zero-order valence-electron chi connectivity index (χ0n) is 9.59. The summed E-state index contributed by atoms with van der Waals surface area (Å²) in [5.74, 6) is 0.774. The lowest BCUT2D eigenvalue weighted by Gasteiger charge is -2.31. The van der Waals surface area contributed by atoms with Gasteiger partial charge in [-0.15, -0.1) is 0 Å². The van der Waals surface area contributed by atoms with Gasteiger partial charge in [0, 0.05) is 11.6 Å². The van der Waals surface area contributed by atoms with Crippen molar-refractivity contribution >= 4 is 0 Å². The Hall–Kier alpha value is -0.820. The lowest BCUT2D eigenvalue weighted by molar-refractivity contribution is 0.295. The topological polar surface area (TPSA) is 12.0 Å². The third-order valence-electron chi connectivity index (χ3n) is 4.34. The van der Waals surface area contributed by atoms with Gasteiger partial charge in [-0.25, -0.2) is 0 Å². The van der Waals surface area contributed by atoms with Gasteiger partial charge in [-0.2, -0.15) is 0 Å². The number of fused-ring (bicyclic) bond motifs is 2. The van der Waals surface area contributed by atoms with E-state index in [1.54, 1.807) is 11.1 Å². The minimum atomic E-state index is 0.302. The molecule has 0 radical (unpaired) electrons. The maximum absolute atomic E-state index is 3.84. The van der Waals surface area contributed by atoms with Crippen molar-refractivity contribution in [3.8, 4) is 0 Å². The lowest BCUT2D eigenvalue weighted by Crippen LogP contribution is -2.40. The summed E-state index contributed by atoms with van der Waals surface area (Å²) in [6, 6.07) is 9.64. The maximum atomic E-state index is 3.84. The molecule has 3 rings (SSSR count). The van der Waals surface area contributed by atoms with Gasteiger partial charge in [-0.05, 0) is 43.2 Å². The Kier molecular flexibility index (Phi) is 1.93. The van der Waals surface area contributed by atoms with Crippen molar-refractivity contribution in [3.05, 3.63) is 35.4 Å². The van der Waals surface area contributed by atoms with Crippen LogP contribution in [-0.4, -0.2) is 6.04 Å². The molecule has 0 aromatic heterocycles. The number of hydrogen-bond acceptors (Lipinski definition) is 1. The Labute approximate surface area is 91.9 Å². The number of aryl methyl sites for hydroxylation is 1. The average molecular weight is 201 g/mol. The SMILES string of the molecule is CC1CC(C)C2(CCc3ccccc32)N1. The van der Waals surface area contributed by atoms with Gasteiger partial charge in [0.05, 0.1) is 0 Å². The normalized spacial score (nSPS) is 38.5. The van der Waals surface area contributed by atoms with Gasteiger partial charge < -0.3 is 5.32 Å². The second-order valence-electron chi connectivity index (χ2n) is 5.31. The highest BCUT2D eigenvalue weighted by molar-refractivity contribution is 5.40. The Bertz CT molecular complexity index is 385. The van der Waals surface area contributed by atoms with Crippen molar-refractivity contribution in [2.45, 2.75) is 44.7 Å². The van der Waals surface area contributed by atoms with Gasteiger partial charge in [-0.1, -0.05) is 31.2 Å². The Morgan fingerprint density at radius 1 is 1.27 bits per heavy atom. The van der Waals surface area contributed by atoms with Crippen molar-refractivity contribution in [2.24, 2.45) is 5.92 Å². The van der Waals surface area contributed by atoms with Gasteiger partial charge >= 0.3 is 0 Å². The summed E-state index contributed by atoms with van der Waals surface area (Å²) in [4.78, 5) is 0. The predicted molar refractivity (Wildman–Crippen MR) is 62.8 cm³/mol. The van der Waals surface area contributed by atoms with Crippen LogP contribution in [0.25, 0.3) is 0 Å². The molecule has 1 aromatic rings. The van der Waals surface area contributed by atoms with Crippen LogP contribution in [0.15, 0.2) is 24.3 Å². The molecule has 0 saturated carbocycles. The van der Waals surface area contributed by atoms with Gasteiger partial charge in [0.15, 0.2) is 0 Å². The molecule has 15 heavy (non-hydrogen) atoms. The fraction of sp³-hybridized carbons (Fsp3) is 0.571. The molecule has 1 aliphatic carbocycles. The first-order valence-electron chi connectivity index (χ1n) is 6.08. The van der Waals surface area contributed by atoms with Crippen molar-refractivity contribution < 1.29 is 0 Å². The second kappa shape index (κ2) is 3.08. The van der Waals surface area contributed by atoms with Crippen LogP contribution in [0, 0.1) is 5.92 Å². The second-order valence-corrected chi connectivity index (χ2v) is 5.31. The molecule has 1 saturated heterocycles. The standard InChI is InChI=1S/C14H19N/c1-10-9-11(2)15-14(10)8-7-12-5-3-4-6-13(12)14/h3-6,10-11,15H,7-9H2,1-2H3. The first kappa shape index (κ1) is 9.41. The van der Waals surface area contributed by atoms with Gasteiger partial charge in [0.2, 0.25) is 0 Å². The van der Waals surface area contributed by atoms with Crippen LogP contribution in [0.4, 0.5) is 0 Å². The third kappa shape index (κ3) is 1.19. The molecule has 1 aromatic carbocycles. The first-order valence-corrected chi connectivity index (χ1v) is 6.08. The van der Waals surface area contributed by atoms with Crippen molar-refractivity contribution in [2.75, 3.05) is 0 Å². The van der Waals surface area contributed by atoms with E-state index < -0.39 is 0 Å². The molecule has 80 valence electrons. The molecule has 1 heterocycles. The van der Waals surface area contributed by atoms with E-state index in [1.807, 2.05) is 0 Å². The number of hydrogen-bond donors (Lipinski definition) is 1. The van der Waals surface area contributed by atoms with Crippen LogP contribution in [0.1, 0.15) is 37.8 Å². The molecule has 1 aliphatic heterocycles. The molecule has 3 unspecified atom stereocenters. The Morgan fingerprint density at radius 2 is 2.07 bits per heavy atom. The molecule has 0 amide bonds. The Morgan fingerprint density at radius 3 is 2.80 bits per heavy atom. The van der Waals surface area contributed by atoms with E-state index >= 15 is 0 Å². The average Bonchev–Trinajstić information content (AvgIpc) is 2.72. The highest BCUT2D eigenvalue weighted by Gasteiger charge is 2.47. The van der Waals surface area contributed by atoms with Crippen LogP contribution in [-0.2, 0) is 12.0 Å². The van der Waals surface area contributed by atoms with E-state index in [1.165, 1.54) is 19.3 Å². The van der Waals surface area contributed by atoms with Crippen molar-refractivity contribution in [3.63, 3.8) is 0 Å². The summed E-state index contributed by atoms with van der Waals surface area (Å²) in [7, 11) is 0. The molecule has 2 aliphatic rings. The van der Waals surface area contributed by atoms with Crippen LogP contribution in [0.3, 0.4) is 0 Å². The molecule has 1 nitrogen and oxygen atoms in total. The summed E-state index contributed by atoms with van der Waals surface area (Å²) < 4.78 is 0. The highest BCUT2D eigenvalue weighted by atomic mass is 15.1. The van der Waals surface area contributed by atoms with E-state index in [2.05, 4.69) is 43.4 Å². The fourth-order valence-electron chi connectivity index (χ4n) is 3.67. The molecular weight excluding hydrogens is 182 g/mol. The largest absolute Gasteiger partial charge is 0.305 e.